The summed E-state index contributed by atoms with van der Waals surface area (Å²) in [5, 5.41) is 8.57. The van der Waals surface area contributed by atoms with Crippen molar-refractivity contribution in [3.8, 4) is 0 Å². The highest BCUT2D eigenvalue weighted by Crippen LogP contribution is 2.26. The zero-order valence-corrected chi connectivity index (χ0v) is 10.9. The molecule has 1 aliphatic heterocycles. The van der Waals surface area contributed by atoms with Gasteiger partial charge in [0.25, 0.3) is 0 Å². The Morgan fingerprint density at radius 1 is 1.56 bits per heavy atom. The summed E-state index contributed by atoms with van der Waals surface area (Å²) < 4.78 is 10.8. The van der Waals surface area contributed by atoms with Gasteiger partial charge in [-0.25, -0.2) is 9.78 Å². The first kappa shape index (κ1) is 13.0. The molecule has 1 aliphatic rings. The minimum absolute atomic E-state index is 0.248. The van der Waals surface area contributed by atoms with Crippen LogP contribution >= 0.6 is 0 Å². The van der Waals surface area contributed by atoms with E-state index in [1.54, 1.807) is 0 Å². The van der Waals surface area contributed by atoms with Crippen molar-refractivity contribution in [3.05, 3.63) is 17.3 Å². The van der Waals surface area contributed by atoms with Gasteiger partial charge in [0.2, 0.25) is 5.89 Å². The number of ether oxygens (including phenoxy) is 1. The average molecular weight is 254 g/mol. The van der Waals surface area contributed by atoms with Gasteiger partial charge < -0.3 is 14.3 Å². The normalized spacial score (nSPS) is 18.6. The van der Waals surface area contributed by atoms with Crippen LogP contribution < -0.4 is 0 Å². The maximum atomic E-state index is 10.4. The van der Waals surface area contributed by atoms with Crippen LogP contribution in [0.1, 0.15) is 24.3 Å². The first-order valence-electron chi connectivity index (χ1n) is 5.89. The van der Waals surface area contributed by atoms with E-state index in [4.69, 9.17) is 14.3 Å². The SMILES string of the molecule is Cc1nc(CN2CC(C)(OCC(=O)O)C2)oc1C. The Morgan fingerprint density at radius 3 is 2.72 bits per heavy atom. The molecule has 1 aromatic heterocycles. The number of carboxylic acids is 1. The number of oxazole rings is 1. The zero-order chi connectivity index (χ0) is 13.3. The summed E-state index contributed by atoms with van der Waals surface area (Å²) >= 11 is 0. The molecule has 2 heterocycles. The average Bonchev–Trinajstić information content (AvgIpc) is 2.53. The van der Waals surface area contributed by atoms with E-state index in [1.165, 1.54) is 0 Å². The predicted molar refractivity (Wildman–Crippen MR) is 63.2 cm³/mol. The Morgan fingerprint density at radius 2 is 2.22 bits per heavy atom. The van der Waals surface area contributed by atoms with Crippen LogP contribution in [0.5, 0.6) is 0 Å². The molecule has 0 saturated carbocycles. The fourth-order valence-electron chi connectivity index (χ4n) is 2.14. The number of hydrogen-bond donors (Lipinski definition) is 1. The van der Waals surface area contributed by atoms with Gasteiger partial charge in [-0.15, -0.1) is 0 Å². The molecule has 0 bridgehead atoms. The van der Waals surface area contributed by atoms with E-state index < -0.39 is 5.97 Å². The Balaban J connectivity index is 1.80. The van der Waals surface area contributed by atoms with Crippen molar-refractivity contribution >= 4 is 5.97 Å². The van der Waals surface area contributed by atoms with Crippen LogP contribution in [0.25, 0.3) is 0 Å². The van der Waals surface area contributed by atoms with E-state index in [9.17, 15) is 4.79 Å². The minimum Gasteiger partial charge on any atom is -0.480 e. The first-order chi connectivity index (χ1) is 8.38. The van der Waals surface area contributed by atoms with Gasteiger partial charge in [-0.3, -0.25) is 4.90 Å². The zero-order valence-electron chi connectivity index (χ0n) is 10.9. The van der Waals surface area contributed by atoms with E-state index in [1.807, 2.05) is 20.8 Å². The maximum absolute atomic E-state index is 10.4. The predicted octanol–water partition coefficient (Wildman–Crippen LogP) is 0.967. The number of rotatable bonds is 5. The van der Waals surface area contributed by atoms with Gasteiger partial charge >= 0.3 is 5.97 Å². The van der Waals surface area contributed by atoms with Gasteiger partial charge in [0.05, 0.1) is 17.8 Å². The molecule has 2 rings (SSSR count). The second-order valence-electron chi connectivity index (χ2n) is 5.03. The number of hydrogen-bond acceptors (Lipinski definition) is 5. The Bertz CT molecular complexity index is 429. The highest BCUT2D eigenvalue weighted by Gasteiger charge is 2.40. The molecule has 0 unspecified atom stereocenters. The fourth-order valence-corrected chi connectivity index (χ4v) is 2.14. The van der Waals surface area contributed by atoms with Crippen LogP contribution in [-0.4, -0.2) is 46.3 Å². The van der Waals surface area contributed by atoms with Gasteiger partial charge in [-0.05, 0) is 20.8 Å². The topological polar surface area (TPSA) is 75.8 Å². The molecular formula is C12H18N2O4. The summed E-state index contributed by atoms with van der Waals surface area (Å²) in [4.78, 5) is 16.9. The number of aryl methyl sites for hydroxylation is 2. The van der Waals surface area contributed by atoms with E-state index in [0.717, 1.165) is 11.5 Å². The lowest BCUT2D eigenvalue weighted by Gasteiger charge is -2.46. The van der Waals surface area contributed by atoms with Crippen molar-refractivity contribution in [1.82, 2.24) is 9.88 Å². The van der Waals surface area contributed by atoms with Crippen molar-refractivity contribution in [2.75, 3.05) is 19.7 Å². The second kappa shape index (κ2) is 4.70. The molecule has 1 N–H and O–H groups in total. The molecule has 1 saturated heterocycles. The van der Waals surface area contributed by atoms with Gasteiger partial charge in [0.15, 0.2) is 0 Å². The molecule has 0 aliphatic carbocycles. The summed E-state index contributed by atoms with van der Waals surface area (Å²) in [5.41, 5.74) is 0.546. The molecule has 100 valence electrons. The van der Waals surface area contributed by atoms with Crippen LogP contribution in [0.3, 0.4) is 0 Å². The maximum Gasteiger partial charge on any atom is 0.329 e. The van der Waals surface area contributed by atoms with Crippen molar-refractivity contribution in [1.29, 1.82) is 0 Å². The summed E-state index contributed by atoms with van der Waals surface area (Å²) in [5.74, 6) is 0.606. The smallest absolute Gasteiger partial charge is 0.329 e. The van der Waals surface area contributed by atoms with Crippen molar-refractivity contribution in [2.24, 2.45) is 0 Å². The molecule has 0 radical (unpaired) electrons. The lowest BCUT2D eigenvalue weighted by Crippen LogP contribution is -2.61. The van der Waals surface area contributed by atoms with Gasteiger partial charge in [-0.1, -0.05) is 0 Å². The number of aliphatic carboxylic acids is 1. The van der Waals surface area contributed by atoms with Crippen molar-refractivity contribution < 1.29 is 19.1 Å². The standard InChI is InChI=1S/C12H18N2O4/c1-8-9(2)18-10(13-8)4-14-6-12(3,7-14)17-5-11(15)16/h4-7H2,1-3H3,(H,15,16). The van der Waals surface area contributed by atoms with E-state index in [0.29, 0.717) is 25.5 Å². The van der Waals surface area contributed by atoms with E-state index in [2.05, 4.69) is 9.88 Å². The van der Waals surface area contributed by atoms with Crippen LogP contribution in [0.2, 0.25) is 0 Å². The van der Waals surface area contributed by atoms with Crippen LogP contribution in [-0.2, 0) is 16.1 Å². The fraction of sp³-hybridized carbons (Fsp3) is 0.667. The molecule has 6 nitrogen and oxygen atoms in total. The summed E-state index contributed by atoms with van der Waals surface area (Å²) in [7, 11) is 0. The minimum atomic E-state index is -0.936. The quantitative estimate of drug-likeness (QED) is 0.843. The Kier molecular flexibility index (Phi) is 3.41. The molecule has 6 heteroatoms. The number of aromatic nitrogens is 1. The molecule has 1 aromatic rings. The number of carbonyl (C=O) groups is 1. The highest BCUT2D eigenvalue weighted by atomic mass is 16.5. The first-order valence-corrected chi connectivity index (χ1v) is 5.89. The van der Waals surface area contributed by atoms with Crippen LogP contribution in [0, 0.1) is 13.8 Å². The Hall–Kier alpha value is -1.40. The highest BCUT2D eigenvalue weighted by molar-refractivity contribution is 5.68. The molecule has 0 amide bonds. The third-order valence-corrected chi connectivity index (χ3v) is 3.09. The van der Waals surface area contributed by atoms with Crippen molar-refractivity contribution in [2.45, 2.75) is 32.9 Å². The summed E-state index contributed by atoms with van der Waals surface area (Å²) in [6, 6.07) is 0. The van der Waals surface area contributed by atoms with Gasteiger partial charge in [-0.2, -0.15) is 0 Å². The number of carboxylic acid groups (broad SMARTS) is 1. The molecule has 18 heavy (non-hydrogen) atoms. The summed E-state index contributed by atoms with van der Waals surface area (Å²) in [6.45, 7) is 7.50. The molecular weight excluding hydrogens is 236 g/mol. The largest absolute Gasteiger partial charge is 0.480 e. The lowest BCUT2D eigenvalue weighted by atomic mass is 9.96. The molecule has 0 atom stereocenters. The molecule has 1 fully saturated rings. The van der Waals surface area contributed by atoms with Crippen LogP contribution in [0.4, 0.5) is 0 Å². The van der Waals surface area contributed by atoms with E-state index in [-0.39, 0.29) is 12.2 Å². The second-order valence-corrected chi connectivity index (χ2v) is 5.03. The van der Waals surface area contributed by atoms with Crippen LogP contribution in [0.15, 0.2) is 4.42 Å². The number of likely N-dealkylation sites (tertiary alicyclic amines) is 1. The third-order valence-electron chi connectivity index (χ3n) is 3.09. The third kappa shape index (κ3) is 2.88. The molecule has 0 spiro atoms. The van der Waals surface area contributed by atoms with Crippen molar-refractivity contribution in [3.63, 3.8) is 0 Å². The Labute approximate surface area is 106 Å². The number of nitrogens with zero attached hydrogens (tertiary/aromatic N) is 2. The lowest BCUT2D eigenvalue weighted by molar-refractivity contribution is -0.166. The summed E-state index contributed by atoms with van der Waals surface area (Å²) in [6.07, 6.45) is 0. The van der Waals surface area contributed by atoms with E-state index >= 15 is 0 Å². The monoisotopic (exact) mass is 254 g/mol. The molecule has 0 aromatic carbocycles. The van der Waals surface area contributed by atoms with Gasteiger partial charge in [0.1, 0.15) is 12.4 Å². The van der Waals surface area contributed by atoms with Gasteiger partial charge in [0, 0.05) is 13.1 Å².